The number of benzene rings is 2. The van der Waals surface area contributed by atoms with Crippen LogP contribution in [0.25, 0.3) is 11.1 Å². The molecule has 0 aliphatic carbocycles. The molecule has 0 atom stereocenters. The van der Waals surface area contributed by atoms with Gasteiger partial charge in [0, 0.05) is 25.4 Å². The van der Waals surface area contributed by atoms with Crippen LogP contribution in [-0.4, -0.2) is 25.2 Å². The maximum atomic E-state index is 11.8. The molecule has 1 fully saturated rings. The average molecular weight is 416 g/mol. The molecule has 2 aromatic carbocycles. The second-order valence-electron chi connectivity index (χ2n) is 6.89. The summed E-state index contributed by atoms with van der Waals surface area (Å²) in [4.78, 5) is 14.7. The van der Waals surface area contributed by atoms with Gasteiger partial charge in [-0.25, -0.2) is 0 Å². The number of nitrogens with one attached hydrogen (secondary N) is 1. The summed E-state index contributed by atoms with van der Waals surface area (Å²) in [5.41, 5.74) is 2.27. The summed E-state index contributed by atoms with van der Waals surface area (Å²) in [6, 6.07) is 18.5. The molecule has 158 valence electrons. The van der Waals surface area contributed by atoms with Crippen molar-refractivity contribution < 1.29 is 17.9 Å². The van der Waals surface area contributed by atoms with Crippen LogP contribution < -0.4 is 15.2 Å². The monoisotopic (exact) mass is 416 g/mol. The number of alkyl halides is 3. The third-order valence-electron chi connectivity index (χ3n) is 4.85. The first-order valence-corrected chi connectivity index (χ1v) is 9.63. The zero-order valence-corrected chi connectivity index (χ0v) is 16.6. The predicted octanol–water partition coefficient (Wildman–Crippen LogP) is 5.36. The molecular formula is C23H23F3N2O2. The summed E-state index contributed by atoms with van der Waals surface area (Å²) in [7, 11) is 1.75. The van der Waals surface area contributed by atoms with Crippen LogP contribution in [-0.2, 0) is 6.18 Å². The van der Waals surface area contributed by atoms with E-state index in [-0.39, 0.29) is 0 Å². The van der Waals surface area contributed by atoms with Crippen molar-refractivity contribution in [1.29, 1.82) is 0 Å². The second kappa shape index (κ2) is 9.52. The molecule has 1 N–H and O–H groups in total. The van der Waals surface area contributed by atoms with Crippen LogP contribution in [0.4, 0.5) is 18.9 Å². The van der Waals surface area contributed by atoms with Gasteiger partial charge >= 0.3 is 6.18 Å². The fourth-order valence-electron chi connectivity index (χ4n) is 3.29. The zero-order valence-electron chi connectivity index (χ0n) is 16.6. The minimum Gasteiger partial charge on any atom is -0.495 e. The Morgan fingerprint density at radius 3 is 2.20 bits per heavy atom. The van der Waals surface area contributed by atoms with Gasteiger partial charge in [0.25, 0.3) is 0 Å². The molecule has 3 aromatic rings. The lowest BCUT2D eigenvalue weighted by molar-refractivity contribution is -0.137. The van der Waals surface area contributed by atoms with E-state index >= 15 is 0 Å². The molecule has 1 aromatic heterocycles. The van der Waals surface area contributed by atoms with Gasteiger partial charge in [0.05, 0.1) is 18.4 Å². The maximum Gasteiger partial charge on any atom is 0.417 e. The van der Waals surface area contributed by atoms with Gasteiger partial charge in [0.2, 0.25) is 5.56 Å². The predicted molar refractivity (Wildman–Crippen MR) is 112 cm³/mol. The summed E-state index contributed by atoms with van der Waals surface area (Å²) < 4.78 is 41.0. The van der Waals surface area contributed by atoms with Gasteiger partial charge in [0.15, 0.2) is 0 Å². The van der Waals surface area contributed by atoms with Gasteiger partial charge in [-0.15, -0.1) is 0 Å². The Morgan fingerprint density at radius 1 is 0.933 bits per heavy atom. The minimum absolute atomic E-state index is 0.544. The van der Waals surface area contributed by atoms with Crippen molar-refractivity contribution in [2.24, 2.45) is 0 Å². The molecule has 1 saturated heterocycles. The van der Waals surface area contributed by atoms with Crippen LogP contribution >= 0.6 is 0 Å². The molecule has 4 nitrogen and oxygen atoms in total. The third kappa shape index (κ3) is 5.43. The number of halogens is 3. The maximum absolute atomic E-state index is 11.8. The first-order chi connectivity index (χ1) is 14.4. The molecule has 0 radical (unpaired) electrons. The molecule has 1 aliphatic rings. The third-order valence-corrected chi connectivity index (χ3v) is 4.85. The van der Waals surface area contributed by atoms with Gasteiger partial charge in [-0.2, -0.15) is 13.2 Å². The smallest absolute Gasteiger partial charge is 0.417 e. The van der Waals surface area contributed by atoms with Crippen molar-refractivity contribution in [2.45, 2.75) is 19.0 Å². The van der Waals surface area contributed by atoms with Crippen LogP contribution in [0.5, 0.6) is 5.75 Å². The fraction of sp³-hybridized carbons (Fsp3) is 0.261. The highest BCUT2D eigenvalue weighted by atomic mass is 19.4. The van der Waals surface area contributed by atoms with Gasteiger partial charge < -0.3 is 14.6 Å². The Hall–Kier alpha value is -3.22. The molecule has 0 spiro atoms. The van der Waals surface area contributed by atoms with Crippen molar-refractivity contribution in [3.8, 4) is 16.9 Å². The molecule has 0 saturated carbocycles. The second-order valence-corrected chi connectivity index (χ2v) is 6.89. The number of aromatic amines is 1. The summed E-state index contributed by atoms with van der Waals surface area (Å²) >= 11 is 0. The van der Waals surface area contributed by atoms with Gasteiger partial charge in [0.1, 0.15) is 5.75 Å². The molecule has 4 rings (SSSR count). The average Bonchev–Trinajstić information content (AvgIpc) is 3.29. The Labute approximate surface area is 172 Å². The highest BCUT2D eigenvalue weighted by molar-refractivity contribution is 5.71. The molecule has 7 heteroatoms. The molecule has 30 heavy (non-hydrogen) atoms. The largest absolute Gasteiger partial charge is 0.495 e. The Bertz CT molecular complexity index is 990. The Kier molecular flexibility index (Phi) is 6.82. The van der Waals surface area contributed by atoms with Crippen LogP contribution in [0.15, 0.2) is 71.7 Å². The van der Waals surface area contributed by atoms with Crippen molar-refractivity contribution in [1.82, 2.24) is 4.98 Å². The number of rotatable bonds is 3. The number of aromatic nitrogens is 1. The van der Waals surface area contributed by atoms with Gasteiger partial charge in [-0.3, -0.25) is 4.79 Å². The standard InChI is InChI=1S/C17H19NO.C6H4F3NO/c1-19-17-13-15(14-7-3-2-4-8-14)9-10-16(17)18-11-5-6-12-18;7-6(8,9)4-1-2-5(11)10-3-4/h2-4,7-10,13H,5-6,11-12H2,1H3;1-3H,(H,10,11). The first kappa shape index (κ1) is 21.5. The number of anilines is 1. The van der Waals surface area contributed by atoms with E-state index < -0.39 is 17.3 Å². The van der Waals surface area contributed by atoms with E-state index in [4.69, 9.17) is 4.74 Å². The van der Waals surface area contributed by atoms with Crippen LogP contribution in [0, 0.1) is 0 Å². The minimum atomic E-state index is -4.38. The molecule has 0 amide bonds. The van der Waals surface area contributed by atoms with E-state index in [1.165, 1.54) is 29.7 Å². The number of methoxy groups -OCH3 is 1. The van der Waals surface area contributed by atoms with E-state index in [1.54, 1.807) is 7.11 Å². The number of hydrogen-bond acceptors (Lipinski definition) is 3. The summed E-state index contributed by atoms with van der Waals surface area (Å²) in [6.45, 7) is 2.28. The van der Waals surface area contributed by atoms with Crippen molar-refractivity contribution in [2.75, 3.05) is 25.1 Å². The fourth-order valence-corrected chi connectivity index (χ4v) is 3.29. The quantitative estimate of drug-likeness (QED) is 0.626. The zero-order chi connectivity index (χ0) is 21.6. The number of H-pyrrole nitrogens is 1. The molecule has 1 aliphatic heterocycles. The van der Waals surface area contributed by atoms with Crippen molar-refractivity contribution in [3.05, 3.63) is 82.8 Å². The molecule has 2 heterocycles. The molecule has 0 bridgehead atoms. The van der Waals surface area contributed by atoms with Gasteiger partial charge in [-0.1, -0.05) is 36.4 Å². The number of ether oxygens (including phenoxy) is 1. The first-order valence-electron chi connectivity index (χ1n) is 9.63. The van der Waals surface area contributed by atoms with Crippen molar-refractivity contribution >= 4 is 5.69 Å². The van der Waals surface area contributed by atoms with Crippen LogP contribution in [0.1, 0.15) is 18.4 Å². The lowest BCUT2D eigenvalue weighted by Crippen LogP contribution is -2.18. The molecular weight excluding hydrogens is 393 g/mol. The number of hydrogen-bond donors (Lipinski definition) is 1. The highest BCUT2D eigenvalue weighted by Crippen LogP contribution is 2.34. The Morgan fingerprint density at radius 2 is 1.63 bits per heavy atom. The highest BCUT2D eigenvalue weighted by Gasteiger charge is 2.30. The van der Waals surface area contributed by atoms with Gasteiger partial charge in [-0.05, 0) is 42.2 Å². The SMILES string of the molecule is COc1cc(-c2ccccc2)ccc1N1CCCC1.O=c1ccc(C(F)(F)F)c[nH]1. The summed E-state index contributed by atoms with van der Waals surface area (Å²) in [6.07, 6.45) is -1.18. The topological polar surface area (TPSA) is 45.3 Å². The number of pyridine rings is 1. The lowest BCUT2D eigenvalue weighted by Gasteiger charge is -2.21. The van der Waals surface area contributed by atoms with Crippen LogP contribution in [0.2, 0.25) is 0 Å². The van der Waals surface area contributed by atoms with E-state index in [1.807, 2.05) is 11.1 Å². The van der Waals surface area contributed by atoms with E-state index in [9.17, 15) is 18.0 Å². The Balaban J connectivity index is 0.000000199. The number of nitrogens with zero attached hydrogens (tertiary/aromatic N) is 1. The molecule has 0 unspecified atom stereocenters. The summed E-state index contributed by atoms with van der Waals surface area (Å²) in [5, 5.41) is 0. The van der Waals surface area contributed by atoms with Crippen molar-refractivity contribution in [3.63, 3.8) is 0 Å². The lowest BCUT2D eigenvalue weighted by atomic mass is 10.0. The van der Waals surface area contributed by atoms with E-state index in [0.29, 0.717) is 6.20 Å². The normalized spacial score (nSPS) is 13.5. The summed E-state index contributed by atoms with van der Waals surface area (Å²) in [5.74, 6) is 0.975. The van der Waals surface area contributed by atoms with E-state index in [0.717, 1.165) is 31.0 Å². The van der Waals surface area contributed by atoms with E-state index in [2.05, 4.69) is 47.4 Å². The van der Waals surface area contributed by atoms with Crippen LogP contribution in [0.3, 0.4) is 0 Å².